The number of ether oxygens (including phenoxy) is 1. The van der Waals surface area contributed by atoms with Gasteiger partial charge in [0.1, 0.15) is 0 Å². The molecule has 0 amide bonds. The Morgan fingerprint density at radius 2 is 1.85 bits per heavy atom. The molecule has 3 rings (SSSR count). The summed E-state index contributed by atoms with van der Waals surface area (Å²) in [6.07, 6.45) is 13.9. The molecule has 20 heavy (non-hydrogen) atoms. The minimum absolute atomic E-state index is 0.0565. The molecule has 2 nitrogen and oxygen atoms in total. The summed E-state index contributed by atoms with van der Waals surface area (Å²) in [5, 5.41) is 10.8. The first-order valence-electron chi connectivity index (χ1n) is 9.04. The molecule has 2 atom stereocenters. The second kappa shape index (κ2) is 6.36. The number of rotatable bonds is 4. The third-order valence-corrected chi connectivity index (χ3v) is 6.35. The first kappa shape index (κ1) is 14.8. The van der Waals surface area contributed by atoms with Crippen molar-refractivity contribution in [3.8, 4) is 0 Å². The molecule has 2 unspecified atom stereocenters. The fourth-order valence-corrected chi connectivity index (χ4v) is 4.89. The van der Waals surface area contributed by atoms with Crippen LogP contribution in [0.5, 0.6) is 0 Å². The zero-order valence-electron chi connectivity index (χ0n) is 13.2. The van der Waals surface area contributed by atoms with Crippen LogP contribution in [0, 0.1) is 17.8 Å². The van der Waals surface area contributed by atoms with Crippen LogP contribution >= 0.6 is 0 Å². The lowest BCUT2D eigenvalue weighted by Crippen LogP contribution is -2.49. The summed E-state index contributed by atoms with van der Waals surface area (Å²) in [5.74, 6) is 2.02. The lowest BCUT2D eigenvalue weighted by molar-refractivity contribution is -0.162. The molecule has 1 aliphatic heterocycles. The Morgan fingerprint density at radius 3 is 2.45 bits per heavy atom. The van der Waals surface area contributed by atoms with E-state index in [1.54, 1.807) is 0 Å². The van der Waals surface area contributed by atoms with Crippen LogP contribution in [0.2, 0.25) is 0 Å². The van der Waals surface area contributed by atoms with E-state index < -0.39 is 0 Å². The molecular formula is C18H32O2. The van der Waals surface area contributed by atoms with Crippen LogP contribution in [0.15, 0.2) is 0 Å². The van der Waals surface area contributed by atoms with E-state index in [9.17, 15) is 5.11 Å². The van der Waals surface area contributed by atoms with Crippen LogP contribution < -0.4 is 0 Å². The Bertz CT molecular complexity index is 303. The van der Waals surface area contributed by atoms with Crippen LogP contribution in [0.4, 0.5) is 0 Å². The van der Waals surface area contributed by atoms with E-state index >= 15 is 0 Å². The fraction of sp³-hybridized carbons (Fsp3) is 1.00. The molecule has 116 valence electrons. The van der Waals surface area contributed by atoms with Crippen molar-refractivity contribution in [3.05, 3.63) is 0 Å². The molecule has 3 aliphatic rings. The molecule has 1 N–H and O–H groups in total. The van der Waals surface area contributed by atoms with Crippen LogP contribution in [-0.4, -0.2) is 23.4 Å². The molecular weight excluding hydrogens is 248 g/mol. The van der Waals surface area contributed by atoms with Gasteiger partial charge in [-0.2, -0.15) is 0 Å². The summed E-state index contributed by atoms with van der Waals surface area (Å²) >= 11 is 0. The molecule has 0 radical (unpaired) electrons. The molecule has 0 aromatic rings. The first-order valence-corrected chi connectivity index (χ1v) is 9.04. The van der Waals surface area contributed by atoms with Crippen molar-refractivity contribution in [2.75, 3.05) is 6.61 Å². The minimum atomic E-state index is -0.0565. The second-order valence-electron chi connectivity index (χ2n) is 7.70. The van der Waals surface area contributed by atoms with Gasteiger partial charge in [0.25, 0.3) is 0 Å². The Kier molecular flexibility index (Phi) is 4.72. The lowest BCUT2D eigenvalue weighted by atomic mass is 9.67. The van der Waals surface area contributed by atoms with Gasteiger partial charge in [-0.1, -0.05) is 32.6 Å². The van der Waals surface area contributed by atoms with Crippen molar-refractivity contribution in [2.24, 2.45) is 17.8 Å². The number of aliphatic hydroxyl groups is 1. The minimum Gasteiger partial charge on any atom is -0.393 e. The quantitative estimate of drug-likeness (QED) is 0.832. The Labute approximate surface area is 124 Å². The van der Waals surface area contributed by atoms with Gasteiger partial charge in [0.15, 0.2) is 0 Å². The summed E-state index contributed by atoms with van der Waals surface area (Å²) < 4.78 is 6.01. The molecule has 0 aromatic heterocycles. The molecule has 2 saturated carbocycles. The highest BCUT2D eigenvalue weighted by Crippen LogP contribution is 2.47. The third kappa shape index (κ3) is 3.06. The number of aliphatic hydroxyl groups excluding tert-OH is 1. The summed E-state index contributed by atoms with van der Waals surface area (Å²) in [7, 11) is 0. The van der Waals surface area contributed by atoms with Gasteiger partial charge < -0.3 is 9.84 Å². The fourth-order valence-electron chi connectivity index (χ4n) is 4.89. The van der Waals surface area contributed by atoms with Crippen molar-refractivity contribution in [1.82, 2.24) is 0 Å². The average Bonchev–Trinajstić information content (AvgIpc) is 2.46. The van der Waals surface area contributed by atoms with E-state index in [0.717, 1.165) is 25.4 Å². The van der Waals surface area contributed by atoms with Gasteiger partial charge in [0.05, 0.1) is 11.7 Å². The van der Waals surface area contributed by atoms with Crippen LogP contribution in [-0.2, 0) is 4.74 Å². The lowest BCUT2D eigenvalue weighted by Gasteiger charge is -2.49. The van der Waals surface area contributed by atoms with Gasteiger partial charge in [-0.15, -0.1) is 0 Å². The van der Waals surface area contributed by atoms with E-state index in [2.05, 4.69) is 6.92 Å². The summed E-state index contributed by atoms with van der Waals surface area (Å²) in [4.78, 5) is 0. The molecule has 0 bridgehead atoms. The Hall–Kier alpha value is -0.0800. The van der Waals surface area contributed by atoms with E-state index in [4.69, 9.17) is 4.74 Å². The maximum absolute atomic E-state index is 10.8. The average molecular weight is 280 g/mol. The summed E-state index contributed by atoms with van der Waals surface area (Å²) in [6, 6.07) is 0. The SMILES string of the molecule is CCCC1CCC(C(O)C2CCOC3(CCC3)C2)CC1. The van der Waals surface area contributed by atoms with Gasteiger partial charge in [-0.25, -0.2) is 0 Å². The van der Waals surface area contributed by atoms with Crippen molar-refractivity contribution < 1.29 is 9.84 Å². The Balaban J connectivity index is 1.50. The van der Waals surface area contributed by atoms with Gasteiger partial charge >= 0.3 is 0 Å². The molecule has 0 aromatic carbocycles. The first-order chi connectivity index (χ1) is 9.72. The second-order valence-corrected chi connectivity index (χ2v) is 7.70. The zero-order chi connectivity index (χ0) is 14.0. The molecule has 1 saturated heterocycles. The molecule has 2 heteroatoms. The van der Waals surface area contributed by atoms with E-state index in [0.29, 0.717) is 11.8 Å². The highest BCUT2D eigenvalue weighted by atomic mass is 16.5. The smallest absolute Gasteiger partial charge is 0.0686 e. The topological polar surface area (TPSA) is 29.5 Å². The van der Waals surface area contributed by atoms with Crippen molar-refractivity contribution >= 4 is 0 Å². The predicted octanol–water partition coefficient (Wildman–Crippen LogP) is 4.30. The largest absolute Gasteiger partial charge is 0.393 e. The molecule has 1 spiro atoms. The van der Waals surface area contributed by atoms with Crippen molar-refractivity contribution in [1.29, 1.82) is 0 Å². The zero-order valence-corrected chi connectivity index (χ0v) is 13.2. The highest BCUT2D eigenvalue weighted by Gasteiger charge is 2.45. The van der Waals surface area contributed by atoms with Gasteiger partial charge in [-0.05, 0) is 62.7 Å². The van der Waals surface area contributed by atoms with E-state index in [1.165, 1.54) is 57.8 Å². The highest BCUT2D eigenvalue weighted by molar-refractivity contribution is 4.96. The molecule has 3 fully saturated rings. The van der Waals surface area contributed by atoms with Gasteiger partial charge in [0.2, 0.25) is 0 Å². The number of hydrogen-bond donors (Lipinski definition) is 1. The van der Waals surface area contributed by atoms with Gasteiger partial charge in [-0.3, -0.25) is 0 Å². The van der Waals surface area contributed by atoms with E-state index in [1.807, 2.05) is 0 Å². The van der Waals surface area contributed by atoms with Crippen molar-refractivity contribution in [3.63, 3.8) is 0 Å². The molecule has 2 aliphatic carbocycles. The van der Waals surface area contributed by atoms with E-state index in [-0.39, 0.29) is 11.7 Å². The maximum atomic E-state index is 10.8. The summed E-state index contributed by atoms with van der Waals surface area (Å²) in [5.41, 5.74) is 0.184. The summed E-state index contributed by atoms with van der Waals surface area (Å²) in [6.45, 7) is 3.17. The van der Waals surface area contributed by atoms with Crippen molar-refractivity contribution in [2.45, 2.75) is 89.3 Å². The van der Waals surface area contributed by atoms with Gasteiger partial charge in [0, 0.05) is 6.61 Å². The predicted molar refractivity (Wildman–Crippen MR) is 81.6 cm³/mol. The van der Waals surface area contributed by atoms with Crippen LogP contribution in [0.1, 0.15) is 77.6 Å². The standard InChI is InChI=1S/C18H32O2/c1-2-4-14-5-7-15(8-6-14)17(19)16-9-12-20-18(13-16)10-3-11-18/h14-17,19H,2-13H2,1H3. The Morgan fingerprint density at radius 1 is 1.10 bits per heavy atom. The third-order valence-electron chi connectivity index (χ3n) is 6.35. The molecule has 1 heterocycles. The maximum Gasteiger partial charge on any atom is 0.0686 e. The normalized spacial score (nSPS) is 38.4. The monoisotopic (exact) mass is 280 g/mol. The number of hydrogen-bond acceptors (Lipinski definition) is 2. The van der Waals surface area contributed by atoms with Crippen LogP contribution in [0.3, 0.4) is 0 Å². The van der Waals surface area contributed by atoms with Crippen LogP contribution in [0.25, 0.3) is 0 Å².